The van der Waals surface area contributed by atoms with E-state index in [1.54, 1.807) is 0 Å². The van der Waals surface area contributed by atoms with Crippen LogP contribution in [-0.4, -0.2) is 33.5 Å². The smallest absolute Gasteiger partial charge is 0.0442 e. The molecule has 0 saturated heterocycles. The third kappa shape index (κ3) is 3.98. The molecule has 0 radical (unpaired) electrons. The van der Waals surface area contributed by atoms with E-state index in [1.165, 1.54) is 0 Å². The van der Waals surface area contributed by atoms with Crippen molar-refractivity contribution in [3.05, 3.63) is 0 Å². The zero-order chi connectivity index (χ0) is 7.98. The molecular formula is C6H15NO2S. The molecule has 0 spiro atoms. The van der Waals surface area contributed by atoms with Crippen LogP contribution in [0.4, 0.5) is 0 Å². The van der Waals surface area contributed by atoms with Gasteiger partial charge in [0, 0.05) is 35.0 Å². The van der Waals surface area contributed by atoms with E-state index in [4.69, 9.17) is 10.8 Å². The first-order chi connectivity index (χ1) is 4.72. The fourth-order valence-corrected chi connectivity index (χ4v) is 1.55. The molecule has 0 bridgehead atoms. The highest BCUT2D eigenvalue weighted by Gasteiger charge is 2.06. The van der Waals surface area contributed by atoms with Crippen molar-refractivity contribution in [3.8, 4) is 0 Å². The molecule has 0 aromatic heterocycles. The fraction of sp³-hybridized carbons (Fsp3) is 1.00. The molecule has 0 rings (SSSR count). The summed E-state index contributed by atoms with van der Waals surface area (Å²) in [7, 11) is -0.850. The lowest BCUT2D eigenvalue weighted by Crippen LogP contribution is -2.23. The van der Waals surface area contributed by atoms with Gasteiger partial charge in [-0.05, 0) is 13.3 Å². The van der Waals surface area contributed by atoms with Crippen molar-refractivity contribution in [3.63, 3.8) is 0 Å². The molecule has 0 amide bonds. The van der Waals surface area contributed by atoms with E-state index >= 15 is 0 Å². The maximum Gasteiger partial charge on any atom is 0.0442 e. The van der Waals surface area contributed by atoms with Crippen molar-refractivity contribution in [2.24, 2.45) is 5.73 Å². The van der Waals surface area contributed by atoms with Crippen molar-refractivity contribution in [1.82, 2.24) is 0 Å². The number of hydrogen-bond donors (Lipinski definition) is 2. The van der Waals surface area contributed by atoms with Crippen molar-refractivity contribution < 1.29 is 9.32 Å². The Balaban J connectivity index is 3.42. The first kappa shape index (κ1) is 10.1. The lowest BCUT2D eigenvalue weighted by molar-refractivity contribution is 0.296. The van der Waals surface area contributed by atoms with Crippen LogP contribution in [0.5, 0.6) is 0 Å². The third-order valence-electron chi connectivity index (χ3n) is 1.28. The Kier molecular flexibility index (Phi) is 5.87. The predicted molar refractivity (Wildman–Crippen MR) is 43.2 cm³/mol. The van der Waals surface area contributed by atoms with Gasteiger partial charge in [0.25, 0.3) is 0 Å². The van der Waals surface area contributed by atoms with Gasteiger partial charge in [0.05, 0.1) is 0 Å². The summed E-state index contributed by atoms with van der Waals surface area (Å²) in [6, 6.07) is 0. The quantitative estimate of drug-likeness (QED) is 0.575. The Bertz CT molecular complexity index is 108. The Morgan fingerprint density at radius 1 is 1.70 bits per heavy atom. The van der Waals surface area contributed by atoms with Gasteiger partial charge in [-0.2, -0.15) is 0 Å². The summed E-state index contributed by atoms with van der Waals surface area (Å²) in [6.07, 6.45) is 0.608. The molecule has 0 aromatic carbocycles. The molecule has 0 saturated carbocycles. The maximum atomic E-state index is 11.1. The fourth-order valence-electron chi connectivity index (χ4n) is 0.515. The van der Waals surface area contributed by atoms with E-state index in [9.17, 15) is 4.21 Å². The molecule has 10 heavy (non-hydrogen) atoms. The van der Waals surface area contributed by atoms with Crippen LogP contribution in [-0.2, 0) is 10.8 Å². The van der Waals surface area contributed by atoms with Gasteiger partial charge in [-0.3, -0.25) is 4.21 Å². The average molecular weight is 165 g/mol. The second kappa shape index (κ2) is 5.82. The van der Waals surface area contributed by atoms with Crippen LogP contribution in [0.1, 0.15) is 13.3 Å². The van der Waals surface area contributed by atoms with Crippen LogP contribution in [0, 0.1) is 0 Å². The number of nitrogens with two attached hydrogens (primary N) is 1. The van der Waals surface area contributed by atoms with Gasteiger partial charge in [0.1, 0.15) is 0 Å². The molecule has 0 fully saturated rings. The van der Waals surface area contributed by atoms with Crippen LogP contribution in [0.25, 0.3) is 0 Å². The van der Waals surface area contributed by atoms with Crippen LogP contribution >= 0.6 is 0 Å². The zero-order valence-corrected chi connectivity index (χ0v) is 7.06. The summed E-state index contributed by atoms with van der Waals surface area (Å²) in [5.74, 6) is 0.564. The van der Waals surface area contributed by atoms with E-state index < -0.39 is 10.8 Å². The minimum Gasteiger partial charge on any atom is -0.396 e. The molecular weight excluding hydrogens is 150 g/mol. The molecule has 0 aliphatic carbocycles. The Labute approximate surface area is 64.1 Å². The molecule has 3 N–H and O–H groups in total. The van der Waals surface area contributed by atoms with Crippen LogP contribution < -0.4 is 5.73 Å². The Morgan fingerprint density at radius 3 is 2.70 bits per heavy atom. The molecule has 0 aliphatic rings. The Hall–Kier alpha value is 0.0700. The van der Waals surface area contributed by atoms with E-state index in [0.29, 0.717) is 18.7 Å². The molecule has 0 aliphatic heterocycles. The van der Waals surface area contributed by atoms with Gasteiger partial charge in [-0.15, -0.1) is 0 Å². The standard InChI is InChI=1S/C6H15NO2S/c1-6(5-7)10(9)4-2-3-8/h6,8H,2-5,7H2,1H3. The summed E-state index contributed by atoms with van der Waals surface area (Å²) in [5.41, 5.74) is 5.29. The van der Waals surface area contributed by atoms with Crippen molar-refractivity contribution in [2.45, 2.75) is 18.6 Å². The van der Waals surface area contributed by atoms with Gasteiger partial charge in [0.15, 0.2) is 0 Å². The van der Waals surface area contributed by atoms with E-state index in [2.05, 4.69) is 0 Å². The largest absolute Gasteiger partial charge is 0.396 e. The maximum absolute atomic E-state index is 11.1. The second-order valence-electron chi connectivity index (χ2n) is 2.21. The molecule has 2 unspecified atom stereocenters. The minimum atomic E-state index is -0.850. The highest BCUT2D eigenvalue weighted by molar-refractivity contribution is 7.85. The summed E-state index contributed by atoms with van der Waals surface area (Å²) in [4.78, 5) is 0. The van der Waals surface area contributed by atoms with Crippen molar-refractivity contribution in [1.29, 1.82) is 0 Å². The Morgan fingerprint density at radius 2 is 2.30 bits per heavy atom. The molecule has 0 heterocycles. The second-order valence-corrected chi connectivity index (χ2v) is 4.18. The van der Waals surface area contributed by atoms with E-state index in [0.717, 1.165) is 0 Å². The lowest BCUT2D eigenvalue weighted by Gasteiger charge is -2.06. The van der Waals surface area contributed by atoms with Crippen LogP contribution in [0.15, 0.2) is 0 Å². The highest BCUT2D eigenvalue weighted by atomic mass is 32.2. The first-order valence-corrected chi connectivity index (χ1v) is 4.78. The van der Waals surface area contributed by atoms with Gasteiger partial charge in [0.2, 0.25) is 0 Å². The van der Waals surface area contributed by atoms with E-state index in [1.807, 2.05) is 6.92 Å². The van der Waals surface area contributed by atoms with Crippen LogP contribution in [0.3, 0.4) is 0 Å². The SMILES string of the molecule is CC(CN)S(=O)CCCO. The first-order valence-electron chi connectivity index (χ1n) is 3.40. The summed E-state index contributed by atoms with van der Waals surface area (Å²) >= 11 is 0. The van der Waals surface area contributed by atoms with Gasteiger partial charge < -0.3 is 10.8 Å². The van der Waals surface area contributed by atoms with Crippen molar-refractivity contribution >= 4 is 10.8 Å². The lowest BCUT2D eigenvalue weighted by atomic mass is 10.5. The summed E-state index contributed by atoms with van der Waals surface area (Å²) in [6.45, 7) is 2.43. The number of rotatable bonds is 5. The molecule has 2 atom stereocenters. The van der Waals surface area contributed by atoms with Crippen LogP contribution in [0.2, 0.25) is 0 Å². The monoisotopic (exact) mass is 165 g/mol. The number of aliphatic hydroxyl groups excluding tert-OH is 1. The zero-order valence-electron chi connectivity index (χ0n) is 6.25. The highest BCUT2D eigenvalue weighted by Crippen LogP contribution is 1.95. The van der Waals surface area contributed by atoms with Gasteiger partial charge in [-0.1, -0.05) is 0 Å². The van der Waals surface area contributed by atoms with Gasteiger partial charge in [-0.25, -0.2) is 0 Å². The number of hydrogen-bond acceptors (Lipinski definition) is 3. The van der Waals surface area contributed by atoms with E-state index in [-0.39, 0.29) is 11.9 Å². The number of aliphatic hydroxyl groups is 1. The molecule has 3 nitrogen and oxygen atoms in total. The van der Waals surface area contributed by atoms with Gasteiger partial charge >= 0.3 is 0 Å². The summed E-state index contributed by atoms with van der Waals surface area (Å²) < 4.78 is 11.1. The molecule has 4 heteroatoms. The normalized spacial score (nSPS) is 16.7. The predicted octanol–water partition coefficient (Wildman–Crippen LogP) is -0.535. The third-order valence-corrected chi connectivity index (χ3v) is 3.07. The average Bonchev–Trinajstić information content (AvgIpc) is 1.98. The minimum absolute atomic E-state index is 0.0616. The molecule has 0 aromatic rings. The van der Waals surface area contributed by atoms with Crippen molar-refractivity contribution in [2.75, 3.05) is 18.9 Å². The topological polar surface area (TPSA) is 63.3 Å². The summed E-state index contributed by atoms with van der Waals surface area (Å²) in [5, 5.41) is 8.47. The molecule has 62 valence electrons.